The predicted octanol–water partition coefficient (Wildman–Crippen LogP) is 3.42. The van der Waals surface area contributed by atoms with E-state index in [9.17, 15) is 0 Å². The van der Waals surface area contributed by atoms with Gasteiger partial charge in [0.25, 0.3) is 0 Å². The summed E-state index contributed by atoms with van der Waals surface area (Å²) in [6, 6.07) is 0. The van der Waals surface area contributed by atoms with Crippen molar-refractivity contribution in [3.63, 3.8) is 0 Å². The normalized spacial score (nSPS) is 37.1. The third kappa shape index (κ3) is 2.23. The molecule has 0 heterocycles. The zero-order valence-electron chi connectivity index (χ0n) is 9.08. The predicted molar refractivity (Wildman–Crippen MR) is 68.8 cm³/mol. The summed E-state index contributed by atoms with van der Waals surface area (Å²) in [5.74, 6) is 2.69. The molecule has 0 aliphatic heterocycles. The van der Waals surface area contributed by atoms with Gasteiger partial charge in [-0.15, -0.1) is 13.8 Å². The number of rotatable bonds is 3. The Hall–Kier alpha value is -0.220. The summed E-state index contributed by atoms with van der Waals surface area (Å²) in [5, 5.41) is 0. The molecule has 0 spiro atoms. The molecule has 0 saturated heterocycles. The lowest BCUT2D eigenvalue weighted by atomic mass is 9.85. The smallest absolute Gasteiger partial charge is 0.0139 e. The van der Waals surface area contributed by atoms with Crippen LogP contribution >= 0.6 is 7.55 Å². The molecular weight excluding hydrogens is 187 g/mol. The molecule has 4 atom stereocenters. The van der Waals surface area contributed by atoms with Crippen molar-refractivity contribution in [2.24, 2.45) is 17.8 Å². The molecule has 0 aromatic carbocycles. The minimum absolute atomic E-state index is 0.251. The van der Waals surface area contributed by atoms with Gasteiger partial charge in [-0.25, -0.2) is 0 Å². The highest BCUT2D eigenvalue weighted by Crippen LogP contribution is 2.43. The molecule has 0 N–H and O–H groups in total. The van der Waals surface area contributed by atoms with Crippen molar-refractivity contribution < 1.29 is 0 Å². The van der Waals surface area contributed by atoms with Crippen LogP contribution in [0, 0.1) is 17.8 Å². The Morgan fingerprint density at radius 2 is 2.07 bits per heavy atom. The Morgan fingerprint density at radius 1 is 1.29 bits per heavy atom. The lowest BCUT2D eigenvalue weighted by Gasteiger charge is -2.21. The van der Waals surface area contributed by atoms with E-state index in [-0.39, 0.29) is 7.55 Å². The van der Waals surface area contributed by atoms with Crippen LogP contribution in [0.15, 0.2) is 24.3 Å². The van der Waals surface area contributed by atoms with E-state index in [2.05, 4.69) is 37.3 Å². The Balaban J connectivity index is 1.92. The molecule has 0 aromatic rings. The highest BCUT2D eigenvalue weighted by Gasteiger charge is 2.32. The van der Waals surface area contributed by atoms with Gasteiger partial charge in [0.15, 0.2) is 0 Å². The molecule has 4 unspecified atom stereocenters. The van der Waals surface area contributed by atoms with Gasteiger partial charge in [-0.2, -0.15) is 0 Å². The van der Waals surface area contributed by atoms with E-state index in [0.717, 1.165) is 17.8 Å². The van der Waals surface area contributed by atoms with Gasteiger partial charge in [-0.05, 0) is 49.8 Å². The SMILES string of the molecule is C=[PH](C)CCC1CCC2C=CC=CC21. The molecule has 0 nitrogen and oxygen atoms in total. The first-order chi connectivity index (χ1) is 6.77. The molecule has 78 valence electrons. The van der Waals surface area contributed by atoms with Gasteiger partial charge >= 0.3 is 0 Å². The zero-order chi connectivity index (χ0) is 9.97. The second kappa shape index (κ2) is 4.53. The number of hydrogen-bond acceptors (Lipinski definition) is 0. The van der Waals surface area contributed by atoms with E-state index >= 15 is 0 Å². The quantitative estimate of drug-likeness (QED) is 0.623. The third-order valence-electron chi connectivity index (χ3n) is 3.65. The largest absolute Gasteiger partial charge is 0.128 e. The Labute approximate surface area is 88.5 Å². The maximum atomic E-state index is 4.17. The third-order valence-corrected chi connectivity index (χ3v) is 4.80. The number of allylic oxidation sites excluding steroid dienone is 4. The molecule has 0 amide bonds. The van der Waals surface area contributed by atoms with Crippen LogP contribution in [0.2, 0.25) is 0 Å². The summed E-state index contributed by atoms with van der Waals surface area (Å²) in [5.41, 5.74) is 0. The summed E-state index contributed by atoms with van der Waals surface area (Å²) in [4.78, 5) is 0. The van der Waals surface area contributed by atoms with Crippen molar-refractivity contribution in [1.29, 1.82) is 0 Å². The highest BCUT2D eigenvalue weighted by molar-refractivity contribution is 7.54. The van der Waals surface area contributed by atoms with Crippen LogP contribution in [0.1, 0.15) is 19.3 Å². The summed E-state index contributed by atoms with van der Waals surface area (Å²) < 4.78 is 0. The zero-order valence-corrected chi connectivity index (χ0v) is 10.1. The van der Waals surface area contributed by atoms with Crippen molar-refractivity contribution >= 4 is 13.8 Å². The molecule has 0 radical (unpaired) electrons. The second-order valence-corrected chi connectivity index (χ2v) is 7.26. The minimum Gasteiger partial charge on any atom is -0.128 e. The van der Waals surface area contributed by atoms with Crippen molar-refractivity contribution in [1.82, 2.24) is 0 Å². The fourth-order valence-electron chi connectivity index (χ4n) is 2.83. The average Bonchev–Trinajstić information content (AvgIpc) is 2.58. The van der Waals surface area contributed by atoms with E-state index in [1.807, 2.05) is 0 Å². The minimum atomic E-state index is -0.251. The monoisotopic (exact) mass is 208 g/mol. The lowest BCUT2D eigenvalue weighted by molar-refractivity contribution is 0.410. The van der Waals surface area contributed by atoms with E-state index in [1.165, 1.54) is 25.4 Å². The van der Waals surface area contributed by atoms with Crippen LogP contribution in [0.3, 0.4) is 0 Å². The molecule has 2 aliphatic carbocycles. The van der Waals surface area contributed by atoms with E-state index in [1.54, 1.807) is 0 Å². The van der Waals surface area contributed by atoms with Crippen molar-refractivity contribution in [2.75, 3.05) is 12.8 Å². The second-order valence-electron chi connectivity index (χ2n) is 4.84. The van der Waals surface area contributed by atoms with Gasteiger partial charge in [0.1, 0.15) is 0 Å². The van der Waals surface area contributed by atoms with Gasteiger partial charge < -0.3 is 0 Å². The summed E-state index contributed by atoms with van der Waals surface area (Å²) in [7, 11) is -0.251. The van der Waals surface area contributed by atoms with Crippen LogP contribution in [-0.2, 0) is 0 Å². The van der Waals surface area contributed by atoms with Gasteiger partial charge in [0, 0.05) is 0 Å². The van der Waals surface area contributed by atoms with Crippen LogP contribution in [-0.4, -0.2) is 19.1 Å². The van der Waals surface area contributed by atoms with E-state index < -0.39 is 0 Å². The Bertz CT molecular complexity index is 275. The van der Waals surface area contributed by atoms with E-state index in [4.69, 9.17) is 0 Å². The molecule has 2 aliphatic rings. The highest BCUT2D eigenvalue weighted by atomic mass is 31.1. The molecule has 1 saturated carbocycles. The maximum absolute atomic E-state index is 4.17. The van der Waals surface area contributed by atoms with Crippen LogP contribution in [0.5, 0.6) is 0 Å². The van der Waals surface area contributed by atoms with Crippen molar-refractivity contribution in [3.8, 4) is 0 Å². The Kier molecular flexibility index (Phi) is 3.34. The molecule has 1 fully saturated rings. The molecule has 0 bridgehead atoms. The maximum Gasteiger partial charge on any atom is -0.0139 e. The van der Waals surface area contributed by atoms with Crippen molar-refractivity contribution in [3.05, 3.63) is 24.3 Å². The first-order valence-corrected chi connectivity index (χ1v) is 8.18. The van der Waals surface area contributed by atoms with Gasteiger partial charge in [-0.1, -0.05) is 24.3 Å². The topological polar surface area (TPSA) is 0 Å². The van der Waals surface area contributed by atoms with Crippen molar-refractivity contribution in [2.45, 2.75) is 19.3 Å². The summed E-state index contributed by atoms with van der Waals surface area (Å²) in [6.45, 7) is 2.33. The number of hydrogen-bond donors (Lipinski definition) is 0. The molecule has 1 heteroatoms. The fraction of sp³-hybridized carbons (Fsp3) is 0.615. The molecule has 14 heavy (non-hydrogen) atoms. The number of fused-ring (bicyclic) bond motifs is 1. The Morgan fingerprint density at radius 3 is 2.86 bits per heavy atom. The average molecular weight is 208 g/mol. The first kappa shape index (κ1) is 10.3. The van der Waals surface area contributed by atoms with Crippen LogP contribution < -0.4 is 0 Å². The van der Waals surface area contributed by atoms with Gasteiger partial charge in [0.05, 0.1) is 0 Å². The molecular formula is C13H21P. The first-order valence-electron chi connectivity index (χ1n) is 5.77. The molecule has 2 rings (SSSR count). The van der Waals surface area contributed by atoms with Crippen LogP contribution in [0.25, 0.3) is 0 Å². The van der Waals surface area contributed by atoms with Crippen LogP contribution in [0.4, 0.5) is 0 Å². The van der Waals surface area contributed by atoms with Gasteiger partial charge in [-0.3, -0.25) is 0 Å². The summed E-state index contributed by atoms with van der Waals surface area (Å²) in [6.07, 6.45) is 19.2. The van der Waals surface area contributed by atoms with E-state index in [0.29, 0.717) is 0 Å². The fourth-order valence-corrected chi connectivity index (χ4v) is 3.70. The lowest BCUT2D eigenvalue weighted by Crippen LogP contribution is -2.13. The standard InChI is InChI=1S/C13H21P/c1-14(2)10-9-12-8-7-11-5-3-4-6-13(11)12/h3-6,11-14H,1,7-10H2,2H3. The van der Waals surface area contributed by atoms with Gasteiger partial charge in [0.2, 0.25) is 0 Å². The molecule has 0 aromatic heterocycles. The summed E-state index contributed by atoms with van der Waals surface area (Å²) >= 11 is 0.